The number of hydrogen-bond acceptors (Lipinski definition) is 3. The molecule has 0 aliphatic heterocycles. The Bertz CT molecular complexity index is 526. The molecule has 1 amide bonds. The third-order valence-corrected chi connectivity index (χ3v) is 2.93. The van der Waals surface area contributed by atoms with E-state index in [-0.39, 0.29) is 24.4 Å². The summed E-state index contributed by atoms with van der Waals surface area (Å²) in [5.74, 6) is -1.79. The Labute approximate surface area is 115 Å². The third-order valence-electron chi connectivity index (χ3n) is 2.93. The van der Waals surface area contributed by atoms with Crippen molar-refractivity contribution in [3.05, 3.63) is 42.2 Å². The monoisotopic (exact) mass is 279 g/mol. The van der Waals surface area contributed by atoms with Crippen LogP contribution < -0.4 is 10.1 Å². The molecule has 2 unspecified atom stereocenters. The molecule has 2 atom stereocenters. The number of ether oxygens (including phenoxy) is 1. The number of benzene rings is 1. The molecule has 0 heterocycles. The lowest BCUT2D eigenvalue weighted by molar-refractivity contribution is -0.140. The van der Waals surface area contributed by atoms with Crippen LogP contribution in [0.5, 0.6) is 5.75 Å². The molecular weight excluding hydrogens is 265 g/mol. The summed E-state index contributed by atoms with van der Waals surface area (Å²) >= 11 is 0. The normalized spacial score (nSPS) is 20.6. The van der Waals surface area contributed by atoms with Crippen molar-refractivity contribution in [3.63, 3.8) is 0 Å². The van der Waals surface area contributed by atoms with Crippen molar-refractivity contribution in [1.29, 1.82) is 0 Å². The van der Waals surface area contributed by atoms with E-state index in [4.69, 9.17) is 9.84 Å². The molecule has 5 nitrogen and oxygen atoms in total. The highest BCUT2D eigenvalue weighted by Crippen LogP contribution is 2.18. The largest absolute Gasteiger partial charge is 0.484 e. The van der Waals surface area contributed by atoms with Crippen LogP contribution in [0.15, 0.2) is 36.4 Å². The summed E-state index contributed by atoms with van der Waals surface area (Å²) in [6.45, 7) is -0.201. The van der Waals surface area contributed by atoms with Crippen molar-refractivity contribution in [2.75, 3.05) is 6.61 Å². The molecule has 106 valence electrons. The van der Waals surface area contributed by atoms with Crippen molar-refractivity contribution in [2.45, 2.75) is 12.5 Å². The van der Waals surface area contributed by atoms with Gasteiger partial charge in [0.15, 0.2) is 6.61 Å². The maximum Gasteiger partial charge on any atom is 0.310 e. The zero-order chi connectivity index (χ0) is 14.5. The number of halogens is 1. The molecule has 1 aromatic carbocycles. The molecule has 0 bridgehead atoms. The fourth-order valence-electron chi connectivity index (χ4n) is 1.92. The van der Waals surface area contributed by atoms with Crippen LogP contribution in [0.3, 0.4) is 0 Å². The molecular formula is C14H14FNO4. The molecule has 0 aromatic heterocycles. The Morgan fingerprint density at radius 3 is 2.60 bits per heavy atom. The Hall–Kier alpha value is -2.37. The van der Waals surface area contributed by atoms with E-state index in [1.807, 2.05) is 0 Å². The Morgan fingerprint density at radius 2 is 2.00 bits per heavy atom. The van der Waals surface area contributed by atoms with E-state index in [0.29, 0.717) is 12.2 Å². The van der Waals surface area contributed by atoms with Gasteiger partial charge in [-0.05, 0) is 30.7 Å². The van der Waals surface area contributed by atoms with Crippen molar-refractivity contribution in [1.82, 2.24) is 5.32 Å². The van der Waals surface area contributed by atoms with E-state index in [1.54, 1.807) is 12.2 Å². The van der Waals surface area contributed by atoms with E-state index in [0.717, 1.165) is 0 Å². The van der Waals surface area contributed by atoms with Crippen LogP contribution in [-0.2, 0) is 9.59 Å². The summed E-state index contributed by atoms with van der Waals surface area (Å²) in [6, 6.07) is 5.05. The average Bonchev–Trinajstić information content (AvgIpc) is 2.87. The number of carbonyl (C=O) groups is 2. The molecule has 0 saturated heterocycles. The van der Waals surface area contributed by atoms with Crippen LogP contribution in [0.1, 0.15) is 6.42 Å². The summed E-state index contributed by atoms with van der Waals surface area (Å²) in [5, 5.41) is 11.5. The molecule has 2 N–H and O–H groups in total. The van der Waals surface area contributed by atoms with E-state index in [2.05, 4.69) is 5.32 Å². The number of rotatable bonds is 5. The lowest BCUT2D eigenvalue weighted by Crippen LogP contribution is -2.36. The molecule has 0 saturated carbocycles. The van der Waals surface area contributed by atoms with E-state index >= 15 is 0 Å². The van der Waals surface area contributed by atoms with Crippen LogP contribution in [0.2, 0.25) is 0 Å². The fraction of sp³-hybridized carbons (Fsp3) is 0.286. The van der Waals surface area contributed by atoms with Gasteiger partial charge in [-0.2, -0.15) is 0 Å². The van der Waals surface area contributed by atoms with Gasteiger partial charge >= 0.3 is 5.97 Å². The number of carbonyl (C=O) groups excluding carboxylic acids is 1. The maximum atomic E-state index is 12.7. The van der Waals surface area contributed by atoms with Crippen LogP contribution >= 0.6 is 0 Å². The van der Waals surface area contributed by atoms with Gasteiger partial charge in [0.25, 0.3) is 5.91 Å². The van der Waals surface area contributed by atoms with Gasteiger partial charge in [0.05, 0.1) is 5.92 Å². The molecule has 6 heteroatoms. The molecule has 1 aliphatic rings. The van der Waals surface area contributed by atoms with Gasteiger partial charge < -0.3 is 15.2 Å². The van der Waals surface area contributed by atoms with Crippen molar-refractivity contribution in [3.8, 4) is 5.75 Å². The summed E-state index contributed by atoms with van der Waals surface area (Å²) in [4.78, 5) is 22.4. The van der Waals surface area contributed by atoms with E-state index in [1.165, 1.54) is 24.3 Å². The highest BCUT2D eigenvalue weighted by molar-refractivity contribution is 5.79. The van der Waals surface area contributed by atoms with Crippen molar-refractivity contribution >= 4 is 11.9 Å². The molecule has 0 spiro atoms. The first-order chi connectivity index (χ1) is 9.54. The predicted octanol–water partition coefficient (Wildman–Crippen LogP) is 1.35. The molecule has 1 aliphatic carbocycles. The smallest absolute Gasteiger partial charge is 0.310 e. The lowest BCUT2D eigenvalue weighted by Gasteiger charge is -2.12. The minimum absolute atomic E-state index is 0.201. The topological polar surface area (TPSA) is 75.6 Å². The number of nitrogens with one attached hydrogen (secondary N) is 1. The first-order valence-corrected chi connectivity index (χ1v) is 6.13. The van der Waals surface area contributed by atoms with Crippen LogP contribution in [0.25, 0.3) is 0 Å². The molecule has 1 aromatic rings. The van der Waals surface area contributed by atoms with Gasteiger partial charge in [0, 0.05) is 6.04 Å². The highest BCUT2D eigenvalue weighted by atomic mass is 19.1. The van der Waals surface area contributed by atoms with Gasteiger partial charge in [-0.3, -0.25) is 9.59 Å². The molecule has 0 fully saturated rings. The first-order valence-electron chi connectivity index (χ1n) is 6.13. The van der Waals surface area contributed by atoms with Gasteiger partial charge in [-0.1, -0.05) is 12.2 Å². The quantitative estimate of drug-likeness (QED) is 0.798. The number of carboxylic acid groups (broad SMARTS) is 1. The Balaban J connectivity index is 1.75. The number of aliphatic carboxylic acids is 1. The number of hydrogen-bond donors (Lipinski definition) is 2. The third kappa shape index (κ3) is 3.81. The summed E-state index contributed by atoms with van der Waals surface area (Å²) < 4.78 is 17.9. The minimum atomic E-state index is -0.902. The average molecular weight is 279 g/mol. The van der Waals surface area contributed by atoms with Crippen LogP contribution in [0, 0.1) is 11.7 Å². The fourth-order valence-corrected chi connectivity index (χ4v) is 1.92. The Kier molecular flexibility index (Phi) is 4.34. The van der Waals surface area contributed by atoms with E-state index < -0.39 is 11.9 Å². The SMILES string of the molecule is O=C(COc1ccc(F)cc1)NC1C=CC(C(=O)O)C1. The summed E-state index contributed by atoms with van der Waals surface area (Å²) in [5.41, 5.74) is 0. The minimum Gasteiger partial charge on any atom is -0.484 e. The maximum absolute atomic E-state index is 12.7. The summed E-state index contributed by atoms with van der Waals surface area (Å²) in [6.07, 6.45) is 3.57. The zero-order valence-corrected chi connectivity index (χ0v) is 10.6. The second kappa shape index (κ2) is 6.18. The van der Waals surface area contributed by atoms with Gasteiger partial charge in [-0.25, -0.2) is 4.39 Å². The van der Waals surface area contributed by atoms with E-state index in [9.17, 15) is 14.0 Å². The lowest BCUT2D eigenvalue weighted by atomic mass is 10.1. The highest BCUT2D eigenvalue weighted by Gasteiger charge is 2.25. The first kappa shape index (κ1) is 14.0. The van der Waals surface area contributed by atoms with Crippen LogP contribution in [-0.4, -0.2) is 29.6 Å². The second-order valence-corrected chi connectivity index (χ2v) is 4.48. The van der Waals surface area contributed by atoms with Crippen molar-refractivity contribution in [2.24, 2.45) is 5.92 Å². The zero-order valence-electron chi connectivity index (χ0n) is 10.6. The molecule has 20 heavy (non-hydrogen) atoms. The summed E-state index contributed by atoms with van der Waals surface area (Å²) in [7, 11) is 0. The molecule has 0 radical (unpaired) electrons. The Morgan fingerprint density at radius 1 is 1.30 bits per heavy atom. The van der Waals surface area contributed by atoms with Gasteiger partial charge in [0.1, 0.15) is 11.6 Å². The van der Waals surface area contributed by atoms with Crippen molar-refractivity contribution < 1.29 is 23.8 Å². The van der Waals surface area contributed by atoms with Gasteiger partial charge in [-0.15, -0.1) is 0 Å². The van der Waals surface area contributed by atoms with Crippen LogP contribution in [0.4, 0.5) is 4.39 Å². The standard InChI is InChI=1S/C14H14FNO4/c15-10-2-5-12(6-3-10)20-8-13(17)16-11-4-1-9(7-11)14(18)19/h1-6,9,11H,7-8H2,(H,16,17)(H,18,19). The number of carboxylic acids is 1. The second-order valence-electron chi connectivity index (χ2n) is 4.48. The predicted molar refractivity (Wildman–Crippen MR) is 68.7 cm³/mol. The van der Waals surface area contributed by atoms with Gasteiger partial charge in [0.2, 0.25) is 0 Å². The number of amides is 1. The molecule has 2 rings (SSSR count).